The van der Waals surface area contributed by atoms with Gasteiger partial charge in [-0.3, -0.25) is 4.90 Å². The molecule has 0 radical (unpaired) electrons. The summed E-state index contributed by atoms with van der Waals surface area (Å²) in [5.74, 6) is 0.0130. The average Bonchev–Trinajstić information content (AvgIpc) is 2.77. The van der Waals surface area contributed by atoms with E-state index in [1.165, 1.54) is 6.07 Å². The van der Waals surface area contributed by atoms with E-state index < -0.39 is 23.3 Å². The molecular weight excluding hydrogens is 445 g/mol. The molecular formula is C24H31F3N6O. The fourth-order valence-electron chi connectivity index (χ4n) is 4.68. The van der Waals surface area contributed by atoms with Gasteiger partial charge in [-0.1, -0.05) is 6.92 Å². The number of fused-ring (bicyclic) bond motifs is 1. The Hall–Kier alpha value is -2.82. The number of ether oxygens (including phenoxy) is 1. The molecule has 1 saturated heterocycles. The lowest BCUT2D eigenvalue weighted by atomic mass is 9.80. The lowest BCUT2D eigenvalue weighted by Crippen LogP contribution is -2.44. The van der Waals surface area contributed by atoms with Crippen LogP contribution < -0.4 is 22.1 Å². The zero-order valence-electron chi connectivity index (χ0n) is 19.6. The number of nitrogens with zero attached hydrogens (tertiary/aromatic N) is 2. The average molecular weight is 477 g/mol. The Morgan fingerprint density at radius 2 is 1.91 bits per heavy atom. The van der Waals surface area contributed by atoms with Crippen LogP contribution in [0, 0.1) is 0 Å². The molecule has 0 aliphatic carbocycles. The quantitative estimate of drug-likeness (QED) is 0.488. The maximum Gasteiger partial charge on any atom is 0.416 e. The molecule has 2 atom stereocenters. The molecule has 7 nitrogen and oxygen atoms in total. The minimum atomic E-state index is -4.51. The number of morpholine rings is 1. The van der Waals surface area contributed by atoms with Crippen molar-refractivity contribution in [1.82, 2.24) is 4.90 Å². The molecule has 0 aromatic heterocycles. The molecule has 1 fully saturated rings. The summed E-state index contributed by atoms with van der Waals surface area (Å²) in [6.45, 7) is 7.42. The SMILES string of the molecule is CNc1cc2c(cc1CN1CCOCC1)NC(C)=NC2(N)C(C)c1cc(N)cc(C(F)(F)F)c1. The van der Waals surface area contributed by atoms with Crippen LogP contribution in [0.5, 0.6) is 0 Å². The number of rotatable bonds is 5. The van der Waals surface area contributed by atoms with Crippen LogP contribution in [0.3, 0.4) is 0 Å². The number of halogens is 3. The van der Waals surface area contributed by atoms with Gasteiger partial charge in [-0.05, 0) is 48.4 Å². The summed E-state index contributed by atoms with van der Waals surface area (Å²) in [6, 6.07) is 7.56. The molecule has 2 unspecified atom stereocenters. The standard InChI is InChI=1S/C24H31F3N6O/c1-14(16-8-18(24(25,26)27)11-19(28)9-16)23(29)20-12-21(30-3)17(10-22(20)31-15(2)32-23)13-33-4-6-34-7-5-33/h8-12,14,30H,4-7,13,28-29H2,1-3H3,(H,31,32). The number of hydrogen-bond donors (Lipinski definition) is 4. The van der Waals surface area contributed by atoms with E-state index in [2.05, 4.69) is 20.5 Å². The van der Waals surface area contributed by atoms with Crippen molar-refractivity contribution in [2.24, 2.45) is 10.7 Å². The van der Waals surface area contributed by atoms with Crippen molar-refractivity contribution in [1.29, 1.82) is 0 Å². The van der Waals surface area contributed by atoms with Crippen LogP contribution in [0.1, 0.15) is 42.0 Å². The lowest BCUT2D eigenvalue weighted by molar-refractivity contribution is -0.137. The van der Waals surface area contributed by atoms with Crippen LogP contribution in [0.25, 0.3) is 0 Å². The summed E-state index contributed by atoms with van der Waals surface area (Å²) in [4.78, 5) is 7.00. The van der Waals surface area contributed by atoms with Crippen molar-refractivity contribution >= 4 is 22.9 Å². The maximum atomic E-state index is 13.4. The monoisotopic (exact) mass is 476 g/mol. The summed E-state index contributed by atoms with van der Waals surface area (Å²) in [6.07, 6.45) is -4.51. The van der Waals surface area contributed by atoms with Gasteiger partial charge in [0.25, 0.3) is 0 Å². The van der Waals surface area contributed by atoms with E-state index in [4.69, 9.17) is 16.2 Å². The van der Waals surface area contributed by atoms with Crippen LogP contribution in [-0.2, 0) is 23.1 Å². The first-order valence-electron chi connectivity index (χ1n) is 11.3. The molecule has 184 valence electrons. The molecule has 2 aliphatic heterocycles. The van der Waals surface area contributed by atoms with Crippen molar-refractivity contribution in [3.63, 3.8) is 0 Å². The molecule has 4 rings (SSSR count). The van der Waals surface area contributed by atoms with Crippen LogP contribution in [0.2, 0.25) is 0 Å². The van der Waals surface area contributed by atoms with Gasteiger partial charge < -0.3 is 26.8 Å². The molecule has 34 heavy (non-hydrogen) atoms. The Balaban J connectivity index is 1.76. The number of nitrogen functional groups attached to an aromatic ring is 1. The van der Waals surface area contributed by atoms with Gasteiger partial charge in [-0.2, -0.15) is 13.2 Å². The molecule has 2 aromatic rings. The summed E-state index contributed by atoms with van der Waals surface area (Å²) in [5, 5.41) is 6.53. The van der Waals surface area contributed by atoms with Gasteiger partial charge in [0, 0.05) is 55.2 Å². The molecule has 6 N–H and O–H groups in total. The van der Waals surface area contributed by atoms with Crippen molar-refractivity contribution < 1.29 is 17.9 Å². The first-order valence-corrected chi connectivity index (χ1v) is 11.3. The van der Waals surface area contributed by atoms with E-state index in [1.807, 2.05) is 19.2 Å². The third-order valence-electron chi connectivity index (χ3n) is 6.58. The number of nitrogens with one attached hydrogen (secondary N) is 2. The Morgan fingerprint density at radius 1 is 1.21 bits per heavy atom. The number of alkyl halides is 3. The van der Waals surface area contributed by atoms with E-state index in [0.717, 1.165) is 48.7 Å². The highest BCUT2D eigenvalue weighted by Crippen LogP contribution is 2.45. The number of hydrogen-bond acceptors (Lipinski definition) is 7. The minimum absolute atomic E-state index is 0.0342. The number of amidine groups is 1. The van der Waals surface area contributed by atoms with E-state index in [0.29, 0.717) is 30.2 Å². The highest BCUT2D eigenvalue weighted by atomic mass is 19.4. The van der Waals surface area contributed by atoms with Gasteiger partial charge in [0.1, 0.15) is 11.5 Å². The normalized spacial score (nSPS) is 21.9. The first-order chi connectivity index (χ1) is 16.0. The number of benzene rings is 2. The Bertz CT molecular complexity index is 1100. The first kappa shape index (κ1) is 24.3. The van der Waals surface area contributed by atoms with Gasteiger partial charge in [-0.25, -0.2) is 4.99 Å². The van der Waals surface area contributed by atoms with Gasteiger partial charge in [0.15, 0.2) is 0 Å². The molecule has 2 aliphatic rings. The van der Waals surface area contributed by atoms with Gasteiger partial charge in [0.05, 0.1) is 18.8 Å². The van der Waals surface area contributed by atoms with Crippen molar-refractivity contribution in [3.05, 3.63) is 52.6 Å². The van der Waals surface area contributed by atoms with Crippen LogP contribution in [-0.4, -0.2) is 44.1 Å². The predicted octanol–water partition coefficient (Wildman–Crippen LogP) is 3.92. The number of aliphatic imine (C=N–C) groups is 1. The lowest BCUT2D eigenvalue weighted by Gasteiger charge is -2.39. The van der Waals surface area contributed by atoms with Crippen LogP contribution in [0.15, 0.2) is 35.3 Å². The van der Waals surface area contributed by atoms with Gasteiger partial charge >= 0.3 is 6.18 Å². The van der Waals surface area contributed by atoms with Crippen molar-refractivity contribution in [3.8, 4) is 0 Å². The van der Waals surface area contributed by atoms with Gasteiger partial charge in [0.2, 0.25) is 0 Å². The topological polar surface area (TPSA) is 101 Å². The zero-order chi connectivity index (χ0) is 24.7. The second-order valence-corrected chi connectivity index (χ2v) is 8.95. The zero-order valence-corrected chi connectivity index (χ0v) is 19.6. The van der Waals surface area contributed by atoms with Crippen molar-refractivity contribution in [2.45, 2.75) is 38.1 Å². The smallest absolute Gasteiger partial charge is 0.399 e. The summed E-state index contributed by atoms with van der Waals surface area (Å²) in [7, 11) is 1.84. The van der Waals surface area contributed by atoms with E-state index in [1.54, 1.807) is 13.8 Å². The van der Waals surface area contributed by atoms with E-state index in [9.17, 15) is 13.2 Å². The van der Waals surface area contributed by atoms with Crippen LogP contribution in [0.4, 0.5) is 30.2 Å². The summed E-state index contributed by atoms with van der Waals surface area (Å²) >= 11 is 0. The highest BCUT2D eigenvalue weighted by molar-refractivity contribution is 5.97. The molecule has 2 aromatic carbocycles. The Kier molecular flexibility index (Phi) is 6.50. The third kappa shape index (κ3) is 4.70. The van der Waals surface area contributed by atoms with Crippen molar-refractivity contribution in [2.75, 3.05) is 49.7 Å². The molecule has 0 spiro atoms. The largest absolute Gasteiger partial charge is 0.416 e. The highest BCUT2D eigenvalue weighted by Gasteiger charge is 2.41. The molecule has 0 bridgehead atoms. The van der Waals surface area contributed by atoms with Gasteiger partial charge in [-0.15, -0.1) is 0 Å². The molecule has 0 saturated carbocycles. The second kappa shape index (κ2) is 9.09. The van der Waals surface area contributed by atoms with Crippen LogP contribution >= 0.6 is 0 Å². The Labute approximate surface area is 197 Å². The van der Waals surface area contributed by atoms with E-state index >= 15 is 0 Å². The molecule has 0 amide bonds. The maximum absolute atomic E-state index is 13.4. The fourth-order valence-corrected chi connectivity index (χ4v) is 4.68. The number of anilines is 3. The number of nitrogens with two attached hydrogens (primary N) is 2. The summed E-state index contributed by atoms with van der Waals surface area (Å²) < 4.78 is 45.8. The molecule has 2 heterocycles. The predicted molar refractivity (Wildman–Crippen MR) is 129 cm³/mol. The Morgan fingerprint density at radius 3 is 2.56 bits per heavy atom. The second-order valence-electron chi connectivity index (χ2n) is 8.95. The third-order valence-corrected chi connectivity index (χ3v) is 6.58. The van der Waals surface area contributed by atoms with E-state index in [-0.39, 0.29) is 5.69 Å². The fraction of sp³-hybridized carbons (Fsp3) is 0.458. The summed E-state index contributed by atoms with van der Waals surface area (Å²) in [5.41, 5.74) is 14.5. The molecule has 10 heteroatoms. The minimum Gasteiger partial charge on any atom is -0.399 e.